The highest BCUT2D eigenvalue weighted by atomic mass is 79.9. The molecule has 0 amide bonds. The molecule has 0 fully saturated rings. The number of aromatic nitrogens is 2. The number of thiophene rings is 1. The number of hydrogen-bond donors (Lipinski definition) is 0. The van der Waals surface area contributed by atoms with Gasteiger partial charge in [-0.1, -0.05) is 23.9 Å². The number of rotatable bonds is 4. The lowest BCUT2D eigenvalue weighted by Gasteiger charge is -2.15. The van der Waals surface area contributed by atoms with Crippen LogP contribution in [0.2, 0.25) is 0 Å². The lowest BCUT2D eigenvalue weighted by molar-refractivity contribution is 0.519. The van der Waals surface area contributed by atoms with Crippen molar-refractivity contribution in [1.29, 1.82) is 0 Å². The minimum atomic E-state index is 0.0375. The fourth-order valence-electron chi connectivity index (χ4n) is 2.25. The van der Waals surface area contributed by atoms with Crippen LogP contribution in [-0.4, -0.2) is 9.55 Å². The molecule has 0 saturated heterocycles. The molecule has 0 radical (unpaired) electrons. The first kappa shape index (κ1) is 15.8. The van der Waals surface area contributed by atoms with E-state index in [1.165, 1.54) is 4.88 Å². The van der Waals surface area contributed by atoms with Gasteiger partial charge in [0.25, 0.3) is 5.56 Å². The van der Waals surface area contributed by atoms with Crippen molar-refractivity contribution >= 4 is 49.9 Å². The van der Waals surface area contributed by atoms with E-state index in [0.29, 0.717) is 5.39 Å². The maximum absolute atomic E-state index is 12.7. The van der Waals surface area contributed by atoms with Crippen molar-refractivity contribution in [2.45, 2.75) is 30.8 Å². The Balaban J connectivity index is 2.03. The number of benzene rings is 1. The highest BCUT2D eigenvalue weighted by Gasteiger charge is 2.14. The summed E-state index contributed by atoms with van der Waals surface area (Å²) in [6.45, 7) is 4.04. The van der Waals surface area contributed by atoms with Gasteiger partial charge in [0.05, 0.1) is 14.7 Å². The smallest absolute Gasteiger partial charge is 0.262 e. The largest absolute Gasteiger partial charge is 0.285 e. The highest BCUT2D eigenvalue weighted by molar-refractivity contribution is 9.11. The topological polar surface area (TPSA) is 34.9 Å². The fourth-order valence-corrected chi connectivity index (χ4v) is 4.90. The lowest BCUT2D eigenvalue weighted by Crippen LogP contribution is -2.24. The summed E-state index contributed by atoms with van der Waals surface area (Å²) in [5, 5.41) is 1.46. The second-order valence-corrected chi connectivity index (χ2v) is 8.66. The van der Waals surface area contributed by atoms with Gasteiger partial charge in [0, 0.05) is 16.7 Å². The quantitative estimate of drug-likeness (QED) is 0.456. The van der Waals surface area contributed by atoms with Crippen LogP contribution < -0.4 is 5.56 Å². The van der Waals surface area contributed by atoms with E-state index in [-0.39, 0.29) is 11.6 Å². The normalized spacial score (nSPS) is 11.5. The van der Waals surface area contributed by atoms with Crippen LogP contribution in [0.15, 0.2) is 50.1 Å². The van der Waals surface area contributed by atoms with Crippen LogP contribution in [-0.2, 0) is 5.75 Å². The summed E-state index contributed by atoms with van der Waals surface area (Å²) in [6, 6.07) is 11.8. The Morgan fingerprint density at radius 3 is 2.73 bits per heavy atom. The third kappa shape index (κ3) is 3.14. The molecule has 114 valence electrons. The molecule has 3 nitrogen and oxygen atoms in total. The van der Waals surface area contributed by atoms with Crippen molar-refractivity contribution in [2.24, 2.45) is 0 Å². The average Bonchev–Trinajstić information content (AvgIpc) is 2.90. The van der Waals surface area contributed by atoms with Gasteiger partial charge in [-0.2, -0.15) is 0 Å². The molecular weight excluding hydrogens is 380 g/mol. The van der Waals surface area contributed by atoms with Gasteiger partial charge in [0.2, 0.25) is 0 Å². The first-order chi connectivity index (χ1) is 10.6. The Bertz CT molecular complexity index is 870. The van der Waals surface area contributed by atoms with Crippen LogP contribution in [0.1, 0.15) is 24.8 Å². The minimum Gasteiger partial charge on any atom is -0.285 e. The van der Waals surface area contributed by atoms with Crippen molar-refractivity contribution in [3.05, 3.63) is 55.4 Å². The molecule has 3 rings (SSSR count). The summed E-state index contributed by atoms with van der Waals surface area (Å²) in [5.41, 5.74) is 0.801. The number of hydrogen-bond acceptors (Lipinski definition) is 4. The maximum atomic E-state index is 12.7. The van der Waals surface area contributed by atoms with Gasteiger partial charge in [-0.15, -0.1) is 11.3 Å². The van der Waals surface area contributed by atoms with E-state index in [1.807, 2.05) is 44.2 Å². The van der Waals surface area contributed by atoms with Crippen LogP contribution >= 0.6 is 39.0 Å². The van der Waals surface area contributed by atoms with E-state index in [9.17, 15) is 4.79 Å². The number of halogens is 1. The monoisotopic (exact) mass is 394 g/mol. The first-order valence-corrected chi connectivity index (χ1v) is 9.54. The molecule has 0 atom stereocenters. The van der Waals surface area contributed by atoms with Crippen molar-refractivity contribution < 1.29 is 0 Å². The molecule has 0 N–H and O–H groups in total. The van der Waals surface area contributed by atoms with Crippen molar-refractivity contribution in [3.63, 3.8) is 0 Å². The van der Waals surface area contributed by atoms with Gasteiger partial charge in [-0.25, -0.2) is 4.98 Å². The van der Waals surface area contributed by atoms with Gasteiger partial charge in [0.15, 0.2) is 5.16 Å². The van der Waals surface area contributed by atoms with E-state index in [0.717, 1.165) is 20.2 Å². The number of fused-ring (bicyclic) bond motifs is 1. The summed E-state index contributed by atoms with van der Waals surface area (Å²) >= 11 is 6.80. The number of nitrogens with zero attached hydrogens (tertiary/aromatic N) is 2. The number of para-hydroxylation sites is 1. The number of thioether (sulfide) groups is 1. The predicted molar refractivity (Wildman–Crippen MR) is 98.0 cm³/mol. The van der Waals surface area contributed by atoms with E-state index in [4.69, 9.17) is 4.98 Å². The Morgan fingerprint density at radius 1 is 1.27 bits per heavy atom. The van der Waals surface area contributed by atoms with Gasteiger partial charge in [-0.3, -0.25) is 9.36 Å². The molecule has 22 heavy (non-hydrogen) atoms. The second kappa shape index (κ2) is 6.56. The molecule has 6 heteroatoms. The molecule has 0 saturated carbocycles. The molecule has 0 aliphatic rings. The first-order valence-electron chi connectivity index (χ1n) is 6.94. The highest BCUT2D eigenvalue weighted by Crippen LogP contribution is 2.29. The zero-order valence-electron chi connectivity index (χ0n) is 12.2. The Labute approximate surface area is 145 Å². The Kier molecular flexibility index (Phi) is 4.70. The summed E-state index contributed by atoms with van der Waals surface area (Å²) in [5.74, 6) is 0.813. The molecule has 1 aromatic carbocycles. The van der Waals surface area contributed by atoms with Gasteiger partial charge in [-0.05, 0) is 54.0 Å². The summed E-state index contributed by atoms with van der Waals surface area (Å²) in [4.78, 5) is 18.7. The molecule has 0 aliphatic heterocycles. The molecule has 2 aromatic heterocycles. The predicted octanol–water partition coefficient (Wildman–Crippen LogP) is 5.09. The van der Waals surface area contributed by atoms with E-state index < -0.39 is 0 Å². The molecule has 0 unspecified atom stereocenters. The van der Waals surface area contributed by atoms with Crippen molar-refractivity contribution in [1.82, 2.24) is 9.55 Å². The fraction of sp³-hybridized carbons (Fsp3) is 0.250. The Hall–Kier alpha value is -1.11. The van der Waals surface area contributed by atoms with E-state index >= 15 is 0 Å². The summed E-state index contributed by atoms with van der Waals surface area (Å²) in [6.07, 6.45) is 0. The summed E-state index contributed by atoms with van der Waals surface area (Å²) in [7, 11) is 0. The van der Waals surface area contributed by atoms with Crippen LogP contribution in [0.5, 0.6) is 0 Å². The minimum absolute atomic E-state index is 0.0375. The lowest BCUT2D eigenvalue weighted by atomic mass is 10.2. The molecule has 0 bridgehead atoms. The van der Waals surface area contributed by atoms with Crippen LogP contribution in [0, 0.1) is 0 Å². The van der Waals surface area contributed by atoms with Crippen molar-refractivity contribution in [3.8, 4) is 0 Å². The summed E-state index contributed by atoms with van der Waals surface area (Å²) < 4.78 is 2.91. The third-order valence-corrected chi connectivity index (χ3v) is 6.07. The third-order valence-electron chi connectivity index (χ3n) is 3.26. The van der Waals surface area contributed by atoms with Gasteiger partial charge in [0.1, 0.15) is 0 Å². The van der Waals surface area contributed by atoms with Gasteiger partial charge >= 0.3 is 0 Å². The van der Waals surface area contributed by atoms with Crippen molar-refractivity contribution in [2.75, 3.05) is 0 Å². The van der Waals surface area contributed by atoms with E-state index in [1.54, 1.807) is 27.7 Å². The molecule has 0 aliphatic carbocycles. The Morgan fingerprint density at radius 2 is 2.05 bits per heavy atom. The standard InChI is InChI=1S/C16H15BrN2OS2/c1-10(2)19-15(20)12-5-3-4-6-13(12)18-16(19)21-9-11-7-8-14(17)22-11/h3-8,10H,9H2,1-2H3. The van der Waals surface area contributed by atoms with Crippen LogP contribution in [0.4, 0.5) is 0 Å². The van der Waals surface area contributed by atoms with Gasteiger partial charge < -0.3 is 0 Å². The van der Waals surface area contributed by atoms with Crippen LogP contribution in [0.25, 0.3) is 10.9 Å². The molecule has 3 aromatic rings. The molecule has 0 spiro atoms. The zero-order valence-corrected chi connectivity index (χ0v) is 15.5. The average molecular weight is 395 g/mol. The molecule has 2 heterocycles. The zero-order chi connectivity index (χ0) is 15.7. The molecular formula is C16H15BrN2OS2. The van der Waals surface area contributed by atoms with Crippen LogP contribution in [0.3, 0.4) is 0 Å². The maximum Gasteiger partial charge on any atom is 0.262 e. The second-order valence-electron chi connectivity index (χ2n) is 5.17. The van der Waals surface area contributed by atoms with E-state index in [2.05, 4.69) is 22.0 Å². The SMILES string of the molecule is CC(C)n1c(SCc2ccc(Br)s2)nc2ccccc2c1=O.